The van der Waals surface area contributed by atoms with Crippen LogP contribution >= 0.6 is 0 Å². The van der Waals surface area contributed by atoms with Crippen LogP contribution in [0, 0.1) is 0 Å². The number of ether oxygens (including phenoxy) is 1. The van der Waals surface area contributed by atoms with Crippen LogP contribution in [-0.2, 0) is 4.79 Å². The molecule has 136 valence electrons. The first-order valence-corrected chi connectivity index (χ1v) is 8.80. The summed E-state index contributed by atoms with van der Waals surface area (Å²) in [5.74, 6) is 1.21. The minimum atomic E-state index is -0.0757. The van der Waals surface area contributed by atoms with Gasteiger partial charge in [0.1, 0.15) is 6.10 Å². The number of rotatable bonds is 5. The lowest BCUT2D eigenvalue weighted by atomic mass is 10.1. The van der Waals surface area contributed by atoms with Crippen LogP contribution in [0.15, 0.2) is 48.8 Å². The highest BCUT2D eigenvalue weighted by Crippen LogP contribution is 2.24. The molecule has 0 spiro atoms. The van der Waals surface area contributed by atoms with Gasteiger partial charge in [0, 0.05) is 39.1 Å². The van der Waals surface area contributed by atoms with E-state index in [1.165, 1.54) is 0 Å². The third-order valence-corrected chi connectivity index (χ3v) is 4.26. The van der Waals surface area contributed by atoms with Crippen molar-refractivity contribution in [2.24, 2.45) is 0 Å². The molecule has 1 fully saturated rings. The van der Waals surface area contributed by atoms with Gasteiger partial charge in [-0.3, -0.25) is 4.79 Å². The molecule has 6 heteroatoms. The summed E-state index contributed by atoms with van der Waals surface area (Å²) in [4.78, 5) is 24.8. The highest BCUT2D eigenvalue weighted by molar-refractivity contribution is 5.91. The van der Waals surface area contributed by atoms with Crippen LogP contribution in [-0.4, -0.2) is 54.1 Å². The molecule has 6 nitrogen and oxygen atoms in total. The summed E-state index contributed by atoms with van der Waals surface area (Å²) >= 11 is 0. The van der Waals surface area contributed by atoms with Gasteiger partial charge in [0.2, 0.25) is 5.91 Å². The smallest absolute Gasteiger partial charge is 0.257 e. The van der Waals surface area contributed by atoms with E-state index < -0.39 is 0 Å². The largest absolute Gasteiger partial charge is 0.470 e. The third kappa shape index (κ3) is 4.59. The van der Waals surface area contributed by atoms with Gasteiger partial charge in [0.15, 0.2) is 5.82 Å². The van der Waals surface area contributed by atoms with Crippen molar-refractivity contribution in [1.29, 1.82) is 0 Å². The summed E-state index contributed by atoms with van der Waals surface area (Å²) < 4.78 is 6.06. The summed E-state index contributed by atoms with van der Waals surface area (Å²) in [6.45, 7) is 1.31. The average Bonchev–Trinajstić information content (AvgIpc) is 2.67. The Morgan fingerprint density at radius 2 is 2.00 bits per heavy atom. The number of carbonyl (C=O) groups excluding carboxylic acids is 1. The monoisotopic (exact) mass is 352 g/mol. The first-order valence-electron chi connectivity index (χ1n) is 8.80. The number of nitrogens with zero attached hydrogens (tertiary/aromatic N) is 4. The number of benzene rings is 1. The number of hydrogen-bond donors (Lipinski definition) is 0. The average molecular weight is 352 g/mol. The fraction of sp³-hybridized carbons (Fsp3) is 0.350. The Bertz CT molecular complexity index is 761. The number of carbonyl (C=O) groups is 1. The molecular weight excluding hydrogens is 328 g/mol. The lowest BCUT2D eigenvalue weighted by Gasteiger charge is -2.32. The molecule has 0 N–H and O–H groups in total. The van der Waals surface area contributed by atoms with E-state index in [4.69, 9.17) is 4.74 Å². The normalized spacial score (nSPS) is 17.3. The highest BCUT2D eigenvalue weighted by atomic mass is 16.5. The third-order valence-electron chi connectivity index (χ3n) is 4.26. The van der Waals surface area contributed by atoms with Crippen LogP contribution in [0.1, 0.15) is 18.4 Å². The van der Waals surface area contributed by atoms with Crippen molar-refractivity contribution in [1.82, 2.24) is 14.9 Å². The molecule has 1 saturated heterocycles. The van der Waals surface area contributed by atoms with Crippen molar-refractivity contribution in [2.75, 3.05) is 32.1 Å². The maximum atomic E-state index is 12.5. The second kappa shape index (κ2) is 8.47. The molecule has 2 heterocycles. The van der Waals surface area contributed by atoms with Crippen LogP contribution in [0.3, 0.4) is 0 Å². The van der Waals surface area contributed by atoms with Gasteiger partial charge in [-0.25, -0.2) is 9.97 Å². The van der Waals surface area contributed by atoms with Crippen LogP contribution in [0.4, 0.5) is 5.82 Å². The molecule has 1 amide bonds. The highest BCUT2D eigenvalue weighted by Gasteiger charge is 2.25. The van der Waals surface area contributed by atoms with Crippen molar-refractivity contribution in [3.8, 4) is 5.88 Å². The first-order chi connectivity index (χ1) is 12.6. The number of aromatic nitrogens is 2. The summed E-state index contributed by atoms with van der Waals surface area (Å²) in [5, 5.41) is 0. The molecule has 1 aromatic heterocycles. The molecular formula is C20H24N4O2. The quantitative estimate of drug-likeness (QED) is 0.774. The molecule has 1 aromatic carbocycles. The fourth-order valence-corrected chi connectivity index (χ4v) is 2.94. The molecule has 3 rings (SSSR count). The van der Waals surface area contributed by atoms with Crippen LogP contribution in [0.5, 0.6) is 5.88 Å². The van der Waals surface area contributed by atoms with Crippen molar-refractivity contribution in [3.63, 3.8) is 0 Å². The Morgan fingerprint density at radius 1 is 1.23 bits per heavy atom. The number of piperidine rings is 1. The van der Waals surface area contributed by atoms with Crippen molar-refractivity contribution >= 4 is 17.8 Å². The minimum absolute atomic E-state index is 0.00846. The lowest BCUT2D eigenvalue weighted by molar-refractivity contribution is -0.128. The zero-order valence-electron chi connectivity index (χ0n) is 15.2. The topological polar surface area (TPSA) is 58.6 Å². The zero-order chi connectivity index (χ0) is 18.4. The van der Waals surface area contributed by atoms with E-state index in [1.807, 2.05) is 60.3 Å². The summed E-state index contributed by atoms with van der Waals surface area (Å²) in [6, 6.07) is 9.82. The minimum Gasteiger partial charge on any atom is -0.470 e. The summed E-state index contributed by atoms with van der Waals surface area (Å²) in [7, 11) is 3.81. The van der Waals surface area contributed by atoms with Gasteiger partial charge in [0.05, 0.1) is 6.54 Å². The Hall–Kier alpha value is -2.89. The standard InChI is InChI=1S/C20H24N4O2/c1-23(2)19-20(22-13-12-21-19)26-17-9-6-14-24(15-17)18(25)11-10-16-7-4-3-5-8-16/h3-5,7-8,10-13,17H,6,9,14-15H2,1-2H3/b11-10+. The predicted octanol–water partition coefficient (Wildman–Crippen LogP) is 2.63. The second-order valence-corrected chi connectivity index (χ2v) is 6.49. The summed E-state index contributed by atoms with van der Waals surface area (Å²) in [5.41, 5.74) is 1.01. The van der Waals surface area contributed by atoms with E-state index in [-0.39, 0.29) is 12.0 Å². The van der Waals surface area contributed by atoms with E-state index in [0.29, 0.717) is 18.2 Å². The van der Waals surface area contributed by atoms with Crippen molar-refractivity contribution in [2.45, 2.75) is 18.9 Å². The van der Waals surface area contributed by atoms with Gasteiger partial charge < -0.3 is 14.5 Å². The van der Waals surface area contributed by atoms with E-state index in [1.54, 1.807) is 18.5 Å². The van der Waals surface area contributed by atoms with Gasteiger partial charge in [-0.2, -0.15) is 0 Å². The predicted molar refractivity (Wildman–Crippen MR) is 102 cm³/mol. The van der Waals surface area contributed by atoms with Gasteiger partial charge in [-0.05, 0) is 24.5 Å². The molecule has 0 bridgehead atoms. The first kappa shape index (κ1) is 17.9. The Kier molecular flexibility index (Phi) is 5.84. The summed E-state index contributed by atoms with van der Waals surface area (Å²) in [6.07, 6.45) is 8.48. The van der Waals surface area contributed by atoms with E-state index >= 15 is 0 Å². The fourth-order valence-electron chi connectivity index (χ4n) is 2.94. The molecule has 1 atom stereocenters. The van der Waals surface area contributed by atoms with E-state index in [2.05, 4.69) is 9.97 Å². The number of hydrogen-bond acceptors (Lipinski definition) is 5. The SMILES string of the molecule is CN(C)c1nccnc1OC1CCCN(C(=O)/C=C/c2ccccc2)C1. The number of anilines is 1. The van der Waals surface area contributed by atoms with Gasteiger partial charge in [-0.1, -0.05) is 30.3 Å². The molecule has 2 aromatic rings. The molecule has 1 aliphatic heterocycles. The van der Waals surface area contributed by atoms with Gasteiger partial charge in [0.25, 0.3) is 5.88 Å². The van der Waals surface area contributed by atoms with E-state index in [0.717, 1.165) is 24.9 Å². The molecule has 0 saturated carbocycles. The van der Waals surface area contributed by atoms with Gasteiger partial charge >= 0.3 is 0 Å². The second-order valence-electron chi connectivity index (χ2n) is 6.49. The van der Waals surface area contributed by atoms with Crippen LogP contribution in [0.25, 0.3) is 6.08 Å². The van der Waals surface area contributed by atoms with Gasteiger partial charge in [-0.15, -0.1) is 0 Å². The molecule has 1 unspecified atom stereocenters. The van der Waals surface area contributed by atoms with Crippen LogP contribution < -0.4 is 9.64 Å². The maximum absolute atomic E-state index is 12.5. The van der Waals surface area contributed by atoms with Crippen molar-refractivity contribution in [3.05, 3.63) is 54.4 Å². The zero-order valence-corrected chi connectivity index (χ0v) is 15.2. The Morgan fingerprint density at radius 3 is 2.77 bits per heavy atom. The Labute approximate surface area is 154 Å². The molecule has 1 aliphatic rings. The van der Waals surface area contributed by atoms with E-state index in [9.17, 15) is 4.79 Å². The lowest BCUT2D eigenvalue weighted by Crippen LogP contribution is -2.44. The molecule has 0 aliphatic carbocycles. The van der Waals surface area contributed by atoms with Crippen molar-refractivity contribution < 1.29 is 9.53 Å². The molecule has 26 heavy (non-hydrogen) atoms. The maximum Gasteiger partial charge on any atom is 0.257 e. The Balaban J connectivity index is 1.62. The molecule has 0 radical (unpaired) electrons. The number of likely N-dealkylation sites (tertiary alicyclic amines) is 1. The number of amides is 1. The van der Waals surface area contributed by atoms with Crippen LogP contribution in [0.2, 0.25) is 0 Å².